The van der Waals surface area contributed by atoms with Crippen molar-refractivity contribution in [1.82, 2.24) is 0 Å². The Morgan fingerprint density at radius 1 is 1.20 bits per heavy atom. The van der Waals surface area contributed by atoms with Gasteiger partial charge in [-0.2, -0.15) is 0 Å². The fourth-order valence-electron chi connectivity index (χ4n) is 2.97. The highest BCUT2D eigenvalue weighted by Gasteiger charge is 2.34. The third kappa shape index (κ3) is 3.99. The van der Waals surface area contributed by atoms with Crippen LogP contribution in [-0.2, 0) is 0 Å². The standard InChI is InChI=1S/C19H24O/c1-2-3-15-19(20,18-12-8-5-9-13-18)16-14-17-10-6-4-7-11-17/h2,4,6-7,10-11,18,20H,1,3,5,8-9,12-13,15H2. The summed E-state index contributed by atoms with van der Waals surface area (Å²) in [6.45, 7) is 3.77. The van der Waals surface area contributed by atoms with E-state index in [2.05, 4.69) is 18.4 Å². The van der Waals surface area contributed by atoms with Crippen LogP contribution in [0, 0.1) is 17.8 Å². The Hall–Kier alpha value is -1.52. The van der Waals surface area contributed by atoms with Crippen LogP contribution < -0.4 is 0 Å². The lowest BCUT2D eigenvalue weighted by molar-refractivity contribution is 0.0132. The van der Waals surface area contributed by atoms with Gasteiger partial charge in [-0.15, -0.1) is 6.58 Å². The molecule has 1 fully saturated rings. The van der Waals surface area contributed by atoms with Crippen LogP contribution in [0.15, 0.2) is 43.0 Å². The summed E-state index contributed by atoms with van der Waals surface area (Å²) in [6, 6.07) is 9.92. The molecule has 1 nitrogen and oxygen atoms in total. The van der Waals surface area contributed by atoms with E-state index in [9.17, 15) is 5.11 Å². The van der Waals surface area contributed by atoms with Crippen molar-refractivity contribution < 1.29 is 5.11 Å². The zero-order valence-corrected chi connectivity index (χ0v) is 12.1. The molecule has 0 spiro atoms. The van der Waals surface area contributed by atoms with Gasteiger partial charge in [-0.1, -0.05) is 55.4 Å². The minimum absolute atomic E-state index is 0.312. The van der Waals surface area contributed by atoms with Crippen molar-refractivity contribution in [2.24, 2.45) is 5.92 Å². The molecule has 0 aliphatic heterocycles. The molecule has 0 aromatic heterocycles. The molecule has 1 saturated carbocycles. The maximum atomic E-state index is 11.0. The number of hydrogen-bond acceptors (Lipinski definition) is 1. The van der Waals surface area contributed by atoms with Crippen molar-refractivity contribution in [3.8, 4) is 11.8 Å². The van der Waals surface area contributed by atoms with Gasteiger partial charge in [-0.25, -0.2) is 0 Å². The molecule has 1 unspecified atom stereocenters. The van der Waals surface area contributed by atoms with E-state index in [1.54, 1.807) is 0 Å². The second kappa shape index (κ2) is 7.31. The summed E-state index contributed by atoms with van der Waals surface area (Å²) in [4.78, 5) is 0. The lowest BCUT2D eigenvalue weighted by Gasteiger charge is -2.34. The molecule has 2 rings (SSSR count). The number of rotatable bonds is 4. The average molecular weight is 268 g/mol. The summed E-state index contributed by atoms with van der Waals surface area (Å²) < 4.78 is 0. The molecule has 1 aromatic rings. The molecule has 1 atom stereocenters. The number of hydrogen-bond donors (Lipinski definition) is 1. The second-order valence-corrected chi connectivity index (χ2v) is 5.70. The first-order chi connectivity index (χ1) is 9.74. The molecule has 1 aliphatic rings. The average Bonchev–Trinajstić information content (AvgIpc) is 2.53. The van der Waals surface area contributed by atoms with Crippen molar-refractivity contribution >= 4 is 0 Å². The molecular weight excluding hydrogens is 244 g/mol. The number of allylic oxidation sites excluding steroid dienone is 1. The Morgan fingerprint density at radius 2 is 1.90 bits per heavy atom. The molecule has 1 aliphatic carbocycles. The normalized spacial score (nSPS) is 18.6. The van der Waals surface area contributed by atoms with E-state index in [4.69, 9.17) is 0 Å². The lowest BCUT2D eigenvalue weighted by Crippen LogP contribution is -2.37. The van der Waals surface area contributed by atoms with Crippen LogP contribution in [0.5, 0.6) is 0 Å². The van der Waals surface area contributed by atoms with Crippen molar-refractivity contribution in [3.05, 3.63) is 48.6 Å². The van der Waals surface area contributed by atoms with Crippen LogP contribution in [0.4, 0.5) is 0 Å². The molecule has 106 valence electrons. The fraction of sp³-hybridized carbons (Fsp3) is 0.474. The molecule has 0 bridgehead atoms. The maximum absolute atomic E-state index is 11.0. The molecule has 1 aromatic carbocycles. The van der Waals surface area contributed by atoms with Crippen LogP contribution in [0.25, 0.3) is 0 Å². The molecule has 0 amide bonds. The first kappa shape index (κ1) is 14.9. The van der Waals surface area contributed by atoms with Gasteiger partial charge in [0.05, 0.1) is 0 Å². The van der Waals surface area contributed by atoms with E-state index in [-0.39, 0.29) is 0 Å². The first-order valence-electron chi connectivity index (χ1n) is 7.66. The number of aliphatic hydroxyl groups is 1. The topological polar surface area (TPSA) is 20.2 Å². The SMILES string of the molecule is C=CCCC(O)(C#Cc1ccccc1)C1CCCCC1. The van der Waals surface area contributed by atoms with Crippen LogP contribution in [0.1, 0.15) is 50.5 Å². The van der Waals surface area contributed by atoms with Gasteiger partial charge in [0.25, 0.3) is 0 Å². The van der Waals surface area contributed by atoms with Gasteiger partial charge in [-0.05, 0) is 43.7 Å². The second-order valence-electron chi connectivity index (χ2n) is 5.70. The highest BCUT2D eigenvalue weighted by molar-refractivity contribution is 5.36. The predicted octanol–water partition coefficient (Wildman–Crippen LogP) is 4.32. The largest absolute Gasteiger partial charge is 0.377 e. The van der Waals surface area contributed by atoms with Gasteiger partial charge in [0.15, 0.2) is 0 Å². The molecular formula is C19H24O. The quantitative estimate of drug-likeness (QED) is 0.637. The molecule has 1 heteroatoms. The minimum Gasteiger partial charge on any atom is -0.377 e. The lowest BCUT2D eigenvalue weighted by atomic mass is 9.75. The van der Waals surface area contributed by atoms with Crippen LogP contribution in [0.2, 0.25) is 0 Å². The Balaban J connectivity index is 2.17. The predicted molar refractivity (Wildman–Crippen MR) is 84.3 cm³/mol. The molecule has 0 radical (unpaired) electrons. The van der Waals surface area contributed by atoms with E-state index in [1.807, 2.05) is 36.4 Å². The Morgan fingerprint density at radius 3 is 2.55 bits per heavy atom. The summed E-state index contributed by atoms with van der Waals surface area (Å²) in [5.41, 5.74) is 0.116. The summed E-state index contributed by atoms with van der Waals surface area (Å²) in [6.07, 6.45) is 9.30. The van der Waals surface area contributed by atoms with E-state index in [0.29, 0.717) is 12.3 Å². The Kier molecular flexibility index (Phi) is 5.44. The zero-order chi connectivity index (χ0) is 14.3. The van der Waals surface area contributed by atoms with Gasteiger partial charge >= 0.3 is 0 Å². The molecule has 20 heavy (non-hydrogen) atoms. The van der Waals surface area contributed by atoms with Gasteiger partial charge in [-0.3, -0.25) is 0 Å². The third-order valence-electron chi connectivity index (χ3n) is 4.21. The van der Waals surface area contributed by atoms with Gasteiger partial charge in [0.1, 0.15) is 5.60 Å². The minimum atomic E-state index is -0.857. The highest BCUT2D eigenvalue weighted by Crippen LogP contribution is 2.35. The van der Waals surface area contributed by atoms with Crippen LogP contribution in [0.3, 0.4) is 0 Å². The number of benzene rings is 1. The van der Waals surface area contributed by atoms with Crippen molar-refractivity contribution in [1.29, 1.82) is 0 Å². The smallest absolute Gasteiger partial charge is 0.128 e. The highest BCUT2D eigenvalue weighted by atomic mass is 16.3. The van der Waals surface area contributed by atoms with Gasteiger partial charge < -0.3 is 5.11 Å². The third-order valence-corrected chi connectivity index (χ3v) is 4.21. The first-order valence-corrected chi connectivity index (χ1v) is 7.66. The maximum Gasteiger partial charge on any atom is 0.128 e. The summed E-state index contributed by atoms with van der Waals surface area (Å²) in [7, 11) is 0. The zero-order valence-electron chi connectivity index (χ0n) is 12.1. The summed E-state index contributed by atoms with van der Waals surface area (Å²) in [5, 5.41) is 11.0. The van der Waals surface area contributed by atoms with Crippen LogP contribution >= 0.6 is 0 Å². The molecule has 0 saturated heterocycles. The molecule has 0 heterocycles. The van der Waals surface area contributed by atoms with E-state index in [0.717, 1.165) is 24.8 Å². The van der Waals surface area contributed by atoms with Crippen LogP contribution in [-0.4, -0.2) is 10.7 Å². The fourth-order valence-corrected chi connectivity index (χ4v) is 2.97. The Labute approximate surface area is 122 Å². The summed E-state index contributed by atoms with van der Waals surface area (Å²) in [5.74, 6) is 6.64. The van der Waals surface area contributed by atoms with Crippen molar-refractivity contribution in [2.75, 3.05) is 0 Å². The van der Waals surface area contributed by atoms with E-state index >= 15 is 0 Å². The van der Waals surface area contributed by atoms with E-state index < -0.39 is 5.60 Å². The van der Waals surface area contributed by atoms with Crippen molar-refractivity contribution in [2.45, 2.75) is 50.5 Å². The van der Waals surface area contributed by atoms with Gasteiger partial charge in [0.2, 0.25) is 0 Å². The van der Waals surface area contributed by atoms with Crippen molar-refractivity contribution in [3.63, 3.8) is 0 Å². The molecule has 1 N–H and O–H groups in total. The Bertz CT molecular complexity index is 473. The monoisotopic (exact) mass is 268 g/mol. The summed E-state index contributed by atoms with van der Waals surface area (Å²) >= 11 is 0. The van der Waals surface area contributed by atoms with Gasteiger partial charge in [0, 0.05) is 5.56 Å². The van der Waals surface area contributed by atoms with E-state index in [1.165, 1.54) is 19.3 Å².